The molecule has 1 aromatic carbocycles. The summed E-state index contributed by atoms with van der Waals surface area (Å²) in [5, 5.41) is 13.0. The Labute approximate surface area is 164 Å². The monoisotopic (exact) mass is 380 g/mol. The molecule has 140 valence electrons. The van der Waals surface area contributed by atoms with Crippen LogP contribution in [0.15, 0.2) is 30.3 Å². The molecular formula is C22H24N2O2S. The second-order valence-corrected chi connectivity index (χ2v) is 7.73. The van der Waals surface area contributed by atoms with E-state index in [0.29, 0.717) is 10.6 Å². The van der Waals surface area contributed by atoms with Gasteiger partial charge in [-0.1, -0.05) is 25.5 Å². The van der Waals surface area contributed by atoms with Crippen molar-refractivity contribution in [2.75, 3.05) is 11.9 Å². The van der Waals surface area contributed by atoms with Gasteiger partial charge in [-0.25, -0.2) is 0 Å². The second kappa shape index (κ2) is 9.38. The lowest BCUT2D eigenvalue weighted by Crippen LogP contribution is -2.07. The van der Waals surface area contributed by atoms with Crippen molar-refractivity contribution in [3.63, 3.8) is 0 Å². The minimum absolute atomic E-state index is 0.214. The fraction of sp³-hybridized carbons (Fsp3) is 0.364. The summed E-state index contributed by atoms with van der Waals surface area (Å²) < 4.78 is 5.64. The molecule has 5 heteroatoms. The molecule has 1 aromatic heterocycles. The molecule has 27 heavy (non-hydrogen) atoms. The topological polar surface area (TPSA) is 62.1 Å². The smallest absolute Gasteiger partial charge is 0.249 e. The second-order valence-electron chi connectivity index (χ2n) is 6.62. The summed E-state index contributed by atoms with van der Waals surface area (Å²) >= 11 is 1.54. The number of carbonyl (C=O) groups excluding carboxylic acids is 1. The van der Waals surface area contributed by atoms with E-state index in [4.69, 9.17) is 4.74 Å². The largest absolute Gasteiger partial charge is 0.494 e. The fourth-order valence-corrected chi connectivity index (χ4v) is 4.35. The number of nitrogens with one attached hydrogen (secondary N) is 1. The Bertz CT molecular complexity index is 860. The first-order valence-electron chi connectivity index (χ1n) is 9.48. The minimum Gasteiger partial charge on any atom is -0.494 e. The summed E-state index contributed by atoms with van der Waals surface area (Å²) in [6.45, 7) is 2.85. The lowest BCUT2D eigenvalue weighted by Gasteiger charge is -2.09. The van der Waals surface area contributed by atoms with Gasteiger partial charge in [-0.15, -0.1) is 11.3 Å². The van der Waals surface area contributed by atoms with Crippen LogP contribution in [-0.2, 0) is 17.6 Å². The van der Waals surface area contributed by atoms with Gasteiger partial charge in [0.15, 0.2) is 0 Å². The van der Waals surface area contributed by atoms with Crippen molar-refractivity contribution >= 4 is 28.3 Å². The molecule has 0 saturated heterocycles. The highest BCUT2D eigenvalue weighted by molar-refractivity contribution is 7.16. The van der Waals surface area contributed by atoms with Crippen molar-refractivity contribution in [2.45, 2.75) is 45.4 Å². The summed E-state index contributed by atoms with van der Waals surface area (Å²) in [6, 6.07) is 9.94. The van der Waals surface area contributed by atoms with E-state index in [1.54, 1.807) is 17.4 Å². The Hall–Kier alpha value is -2.58. The average Bonchev–Trinajstić information content (AvgIpc) is 3.04. The van der Waals surface area contributed by atoms with E-state index in [0.717, 1.165) is 62.0 Å². The molecule has 0 fully saturated rings. The molecule has 0 unspecified atom stereocenters. The van der Waals surface area contributed by atoms with E-state index in [1.807, 2.05) is 24.3 Å². The van der Waals surface area contributed by atoms with Crippen molar-refractivity contribution in [1.82, 2.24) is 0 Å². The molecule has 1 aliphatic carbocycles. The highest BCUT2D eigenvalue weighted by Gasteiger charge is 2.21. The number of unbranched alkanes of at least 4 members (excludes halogenated alkanes) is 1. The third-order valence-corrected chi connectivity index (χ3v) is 5.80. The Balaban J connectivity index is 1.61. The number of anilines is 1. The number of carbonyl (C=O) groups is 1. The number of hydrogen-bond donors (Lipinski definition) is 1. The first-order valence-corrected chi connectivity index (χ1v) is 10.3. The van der Waals surface area contributed by atoms with E-state index in [1.165, 1.54) is 11.0 Å². The van der Waals surface area contributed by atoms with E-state index >= 15 is 0 Å². The fourth-order valence-electron chi connectivity index (χ4n) is 3.11. The molecule has 0 bridgehead atoms. The summed E-state index contributed by atoms with van der Waals surface area (Å²) in [5.41, 5.74) is 2.70. The molecule has 3 rings (SSSR count). The number of nitrogens with zero attached hydrogens (tertiary/aromatic N) is 1. The van der Waals surface area contributed by atoms with E-state index in [-0.39, 0.29) is 5.91 Å². The zero-order chi connectivity index (χ0) is 19.1. The van der Waals surface area contributed by atoms with Gasteiger partial charge in [0.05, 0.1) is 12.2 Å². The van der Waals surface area contributed by atoms with Gasteiger partial charge < -0.3 is 10.1 Å². The normalized spacial score (nSPS) is 13.2. The van der Waals surface area contributed by atoms with Gasteiger partial charge in [0.25, 0.3) is 0 Å². The third-order valence-electron chi connectivity index (χ3n) is 4.59. The summed E-state index contributed by atoms with van der Waals surface area (Å²) in [7, 11) is 0. The van der Waals surface area contributed by atoms with Gasteiger partial charge in [0.2, 0.25) is 5.91 Å². The quantitative estimate of drug-likeness (QED) is 0.522. The van der Waals surface area contributed by atoms with Crippen molar-refractivity contribution in [3.05, 3.63) is 51.9 Å². The Morgan fingerprint density at radius 2 is 2.07 bits per heavy atom. The first-order chi connectivity index (χ1) is 13.2. The van der Waals surface area contributed by atoms with Crippen LogP contribution in [0, 0.1) is 11.3 Å². The molecule has 1 N–H and O–H groups in total. The molecule has 0 atom stereocenters. The molecule has 4 nitrogen and oxygen atoms in total. The standard InChI is InChI=1S/C22H24N2O2S/c1-2-3-14-26-17-11-8-16(9-12-17)10-13-21(25)24-22-19(15-23)18-6-4-5-7-20(18)27-22/h8-13H,2-7,14H2,1H3,(H,24,25). The Morgan fingerprint density at radius 3 is 2.81 bits per heavy atom. The predicted molar refractivity (Wildman–Crippen MR) is 110 cm³/mol. The highest BCUT2D eigenvalue weighted by Crippen LogP contribution is 2.37. The van der Waals surface area contributed by atoms with Crippen molar-refractivity contribution in [1.29, 1.82) is 5.26 Å². The Kier molecular flexibility index (Phi) is 6.67. The number of nitriles is 1. The molecule has 1 heterocycles. The molecule has 0 aliphatic heterocycles. The number of hydrogen-bond acceptors (Lipinski definition) is 4. The average molecular weight is 381 g/mol. The minimum atomic E-state index is -0.214. The van der Waals surface area contributed by atoms with Crippen LogP contribution < -0.4 is 10.1 Å². The van der Waals surface area contributed by atoms with Crippen LogP contribution in [0.5, 0.6) is 5.75 Å². The molecule has 0 radical (unpaired) electrons. The zero-order valence-electron chi connectivity index (χ0n) is 15.6. The lowest BCUT2D eigenvalue weighted by molar-refractivity contribution is -0.111. The van der Waals surface area contributed by atoms with Gasteiger partial charge in [-0.2, -0.15) is 5.26 Å². The number of benzene rings is 1. The SMILES string of the molecule is CCCCOc1ccc(C=CC(=O)Nc2sc3c(c2C#N)CCCC3)cc1. The number of aryl methyl sites for hydroxylation is 1. The molecule has 2 aromatic rings. The third kappa shape index (κ3) is 4.99. The molecule has 0 spiro atoms. The number of rotatable bonds is 7. The molecule has 1 aliphatic rings. The predicted octanol–water partition coefficient (Wildman–Crippen LogP) is 5.33. The van der Waals surface area contributed by atoms with Crippen molar-refractivity contribution in [3.8, 4) is 11.8 Å². The maximum Gasteiger partial charge on any atom is 0.249 e. The molecule has 1 amide bonds. The maximum atomic E-state index is 12.3. The van der Waals surface area contributed by atoms with Gasteiger partial charge in [0.1, 0.15) is 16.8 Å². The van der Waals surface area contributed by atoms with Crippen LogP contribution in [0.2, 0.25) is 0 Å². The molecular weight excluding hydrogens is 356 g/mol. The van der Waals surface area contributed by atoms with Gasteiger partial charge >= 0.3 is 0 Å². The van der Waals surface area contributed by atoms with Crippen LogP contribution in [0.3, 0.4) is 0 Å². The summed E-state index contributed by atoms with van der Waals surface area (Å²) in [6.07, 6.45) is 9.64. The number of amides is 1. The van der Waals surface area contributed by atoms with Crippen LogP contribution in [0.4, 0.5) is 5.00 Å². The van der Waals surface area contributed by atoms with Crippen LogP contribution in [0.1, 0.15) is 54.2 Å². The van der Waals surface area contributed by atoms with Gasteiger partial charge in [-0.05, 0) is 61.4 Å². The number of ether oxygens (including phenoxy) is 1. The van der Waals surface area contributed by atoms with Gasteiger partial charge in [-0.3, -0.25) is 4.79 Å². The maximum absolute atomic E-state index is 12.3. The number of thiophene rings is 1. The zero-order valence-corrected chi connectivity index (χ0v) is 16.4. The van der Waals surface area contributed by atoms with Crippen LogP contribution >= 0.6 is 11.3 Å². The summed E-state index contributed by atoms with van der Waals surface area (Å²) in [5.74, 6) is 0.626. The van der Waals surface area contributed by atoms with Gasteiger partial charge in [0, 0.05) is 11.0 Å². The van der Waals surface area contributed by atoms with Crippen molar-refractivity contribution < 1.29 is 9.53 Å². The Morgan fingerprint density at radius 1 is 1.30 bits per heavy atom. The van der Waals surface area contributed by atoms with Crippen molar-refractivity contribution in [2.24, 2.45) is 0 Å². The molecule has 0 saturated carbocycles. The highest BCUT2D eigenvalue weighted by atomic mass is 32.1. The lowest BCUT2D eigenvalue weighted by atomic mass is 9.96. The first kappa shape index (κ1) is 19.2. The van der Waals surface area contributed by atoms with Crippen LogP contribution in [0.25, 0.3) is 6.08 Å². The van der Waals surface area contributed by atoms with E-state index in [9.17, 15) is 10.1 Å². The van der Waals surface area contributed by atoms with Crippen LogP contribution in [-0.4, -0.2) is 12.5 Å². The number of fused-ring (bicyclic) bond motifs is 1. The summed E-state index contributed by atoms with van der Waals surface area (Å²) in [4.78, 5) is 13.5. The van der Waals surface area contributed by atoms with E-state index in [2.05, 4.69) is 18.3 Å². The van der Waals surface area contributed by atoms with E-state index < -0.39 is 0 Å².